The fourth-order valence-corrected chi connectivity index (χ4v) is 4.43. The van der Waals surface area contributed by atoms with Gasteiger partial charge in [0.2, 0.25) is 5.91 Å². The number of nitrogens with one attached hydrogen (secondary N) is 1. The normalized spacial score (nSPS) is 27.5. The van der Waals surface area contributed by atoms with Crippen LogP contribution in [0.1, 0.15) is 51.9 Å². The predicted octanol–water partition coefficient (Wildman–Crippen LogP) is 2.65. The molecule has 1 unspecified atom stereocenters. The van der Waals surface area contributed by atoms with Gasteiger partial charge in [0.05, 0.1) is 26.4 Å². The van der Waals surface area contributed by atoms with Crippen LogP contribution in [0.3, 0.4) is 0 Å². The van der Waals surface area contributed by atoms with Gasteiger partial charge in [0, 0.05) is 32.0 Å². The molecule has 0 spiro atoms. The standard InChI is InChI=1S/C21H36F2N2O4/c1-3-4-19(26)16-5-7-17(8-6-16)25-11-9-18(21(22,23)15-25)20(27)24-10-12-29-14-13-28-2/h16-18H,3-15H2,1-2H3,(H,24,27)/t16-,17+,18?. The third kappa shape index (κ3) is 7.26. The highest BCUT2D eigenvalue weighted by atomic mass is 19.3. The summed E-state index contributed by atoms with van der Waals surface area (Å²) in [5.41, 5.74) is 0. The Balaban J connectivity index is 1.75. The van der Waals surface area contributed by atoms with E-state index in [2.05, 4.69) is 5.32 Å². The summed E-state index contributed by atoms with van der Waals surface area (Å²) in [7, 11) is 1.57. The summed E-state index contributed by atoms with van der Waals surface area (Å²) in [5, 5.41) is 2.57. The Bertz CT molecular complexity index is 525. The van der Waals surface area contributed by atoms with Crippen molar-refractivity contribution >= 4 is 11.7 Å². The minimum Gasteiger partial charge on any atom is -0.382 e. The quantitative estimate of drug-likeness (QED) is 0.523. The number of Topliss-reactive ketones (excluding diaryl/α,β-unsaturated/α-hetero) is 1. The van der Waals surface area contributed by atoms with E-state index in [4.69, 9.17) is 9.47 Å². The molecule has 0 aromatic rings. The minimum atomic E-state index is -3.05. The van der Waals surface area contributed by atoms with Gasteiger partial charge in [-0.05, 0) is 45.1 Å². The zero-order valence-corrected chi connectivity index (χ0v) is 17.8. The molecule has 2 fully saturated rings. The number of carbonyl (C=O) groups excluding carboxylic acids is 2. The number of nitrogens with zero attached hydrogens (tertiary/aromatic N) is 1. The molecule has 2 rings (SSSR count). The second-order valence-electron chi connectivity index (χ2n) is 8.19. The van der Waals surface area contributed by atoms with E-state index < -0.39 is 17.7 Å². The molecular weight excluding hydrogens is 382 g/mol. The van der Waals surface area contributed by atoms with Crippen molar-refractivity contribution in [1.82, 2.24) is 10.2 Å². The number of halogens is 2. The van der Waals surface area contributed by atoms with Crippen molar-refractivity contribution in [2.45, 2.75) is 63.8 Å². The number of rotatable bonds is 11. The molecule has 0 aromatic heterocycles. The lowest BCUT2D eigenvalue weighted by molar-refractivity contribution is -0.155. The molecule has 1 aliphatic carbocycles. The second kappa shape index (κ2) is 11.9. The number of hydrogen-bond acceptors (Lipinski definition) is 5. The molecule has 0 radical (unpaired) electrons. The van der Waals surface area contributed by atoms with Crippen molar-refractivity contribution < 1.29 is 27.8 Å². The molecule has 29 heavy (non-hydrogen) atoms. The summed E-state index contributed by atoms with van der Waals surface area (Å²) in [5.74, 6) is -4.52. The van der Waals surface area contributed by atoms with Crippen molar-refractivity contribution in [3.8, 4) is 0 Å². The number of ether oxygens (including phenoxy) is 2. The van der Waals surface area contributed by atoms with E-state index in [0.29, 0.717) is 32.0 Å². The van der Waals surface area contributed by atoms with Crippen LogP contribution in [0.5, 0.6) is 0 Å². The van der Waals surface area contributed by atoms with E-state index in [9.17, 15) is 18.4 Å². The number of methoxy groups -OCH3 is 1. The van der Waals surface area contributed by atoms with Crippen molar-refractivity contribution in [2.24, 2.45) is 11.8 Å². The SMILES string of the molecule is CCCC(=O)[C@H]1CC[C@@H](N2CCC(C(=O)NCCOCCOC)C(F)(F)C2)CC1. The lowest BCUT2D eigenvalue weighted by Gasteiger charge is -2.43. The molecule has 6 nitrogen and oxygen atoms in total. The Morgan fingerprint density at radius 1 is 1.10 bits per heavy atom. The van der Waals surface area contributed by atoms with Crippen molar-refractivity contribution in [1.29, 1.82) is 0 Å². The highest BCUT2D eigenvalue weighted by Crippen LogP contribution is 2.37. The predicted molar refractivity (Wildman–Crippen MR) is 106 cm³/mol. The van der Waals surface area contributed by atoms with Gasteiger partial charge in [-0.2, -0.15) is 0 Å². The zero-order valence-electron chi connectivity index (χ0n) is 17.8. The number of carbonyl (C=O) groups is 2. The maximum Gasteiger partial charge on any atom is 0.272 e. The first kappa shape index (κ1) is 24.2. The molecule has 1 atom stereocenters. The fraction of sp³-hybridized carbons (Fsp3) is 0.905. The average molecular weight is 419 g/mol. The Kier molecular flexibility index (Phi) is 9.92. The van der Waals surface area contributed by atoms with Crippen LogP contribution in [0, 0.1) is 11.8 Å². The Labute approximate surface area is 172 Å². The summed E-state index contributed by atoms with van der Waals surface area (Å²) in [6.45, 7) is 3.48. The van der Waals surface area contributed by atoms with E-state index in [-0.39, 0.29) is 38.1 Å². The van der Waals surface area contributed by atoms with E-state index in [1.807, 2.05) is 11.8 Å². The Hall–Kier alpha value is -1.12. The van der Waals surface area contributed by atoms with Crippen LogP contribution in [0.25, 0.3) is 0 Å². The largest absolute Gasteiger partial charge is 0.382 e. The van der Waals surface area contributed by atoms with Crippen LogP contribution in [-0.4, -0.2) is 75.1 Å². The van der Waals surface area contributed by atoms with Crippen LogP contribution in [0.4, 0.5) is 8.78 Å². The zero-order chi connectivity index (χ0) is 21.3. The molecule has 1 amide bonds. The van der Waals surface area contributed by atoms with E-state index in [0.717, 1.165) is 32.1 Å². The van der Waals surface area contributed by atoms with Crippen molar-refractivity contribution in [3.05, 3.63) is 0 Å². The van der Waals surface area contributed by atoms with Crippen molar-refractivity contribution in [3.63, 3.8) is 0 Å². The van der Waals surface area contributed by atoms with Crippen molar-refractivity contribution in [2.75, 3.05) is 46.6 Å². The molecule has 1 saturated carbocycles. The summed E-state index contributed by atoms with van der Waals surface area (Å²) in [6.07, 6.45) is 4.78. The third-order valence-corrected chi connectivity index (χ3v) is 6.09. The van der Waals surface area contributed by atoms with E-state index >= 15 is 0 Å². The van der Waals surface area contributed by atoms with Gasteiger partial charge in [-0.25, -0.2) is 8.78 Å². The lowest BCUT2D eigenvalue weighted by Crippen LogP contribution is -2.56. The summed E-state index contributed by atoms with van der Waals surface area (Å²) in [6, 6.07) is 0.0877. The monoisotopic (exact) mass is 418 g/mol. The highest BCUT2D eigenvalue weighted by molar-refractivity contribution is 5.81. The van der Waals surface area contributed by atoms with Gasteiger partial charge >= 0.3 is 0 Å². The first-order chi connectivity index (χ1) is 13.9. The first-order valence-electron chi connectivity index (χ1n) is 10.9. The lowest BCUT2D eigenvalue weighted by atomic mass is 9.80. The maximum atomic E-state index is 14.7. The molecule has 1 N–H and O–H groups in total. The molecule has 1 aliphatic heterocycles. The highest BCUT2D eigenvalue weighted by Gasteiger charge is 2.49. The van der Waals surface area contributed by atoms with Crippen LogP contribution in [-0.2, 0) is 19.1 Å². The van der Waals surface area contributed by atoms with Gasteiger partial charge in [-0.15, -0.1) is 0 Å². The Morgan fingerprint density at radius 3 is 2.45 bits per heavy atom. The number of ketones is 1. The van der Waals surface area contributed by atoms with Gasteiger partial charge in [0.15, 0.2) is 0 Å². The smallest absolute Gasteiger partial charge is 0.272 e. The molecule has 0 bridgehead atoms. The second-order valence-corrected chi connectivity index (χ2v) is 8.19. The molecule has 1 saturated heterocycles. The Morgan fingerprint density at radius 2 is 1.83 bits per heavy atom. The maximum absolute atomic E-state index is 14.7. The van der Waals surface area contributed by atoms with Gasteiger partial charge in [-0.3, -0.25) is 14.5 Å². The van der Waals surface area contributed by atoms with E-state index in [1.54, 1.807) is 7.11 Å². The van der Waals surface area contributed by atoms with Crippen LogP contribution < -0.4 is 5.32 Å². The van der Waals surface area contributed by atoms with Gasteiger partial charge in [-0.1, -0.05) is 6.92 Å². The summed E-state index contributed by atoms with van der Waals surface area (Å²) in [4.78, 5) is 26.1. The van der Waals surface area contributed by atoms with Gasteiger partial charge in [0.25, 0.3) is 5.92 Å². The van der Waals surface area contributed by atoms with Gasteiger partial charge < -0.3 is 14.8 Å². The number of piperidine rings is 1. The third-order valence-electron chi connectivity index (χ3n) is 6.09. The number of alkyl halides is 2. The summed E-state index contributed by atoms with van der Waals surface area (Å²) >= 11 is 0. The molecule has 8 heteroatoms. The first-order valence-corrected chi connectivity index (χ1v) is 10.9. The topological polar surface area (TPSA) is 67.9 Å². The molecule has 0 aromatic carbocycles. The average Bonchev–Trinajstić information content (AvgIpc) is 2.70. The van der Waals surface area contributed by atoms with Crippen LogP contribution in [0.15, 0.2) is 0 Å². The summed E-state index contributed by atoms with van der Waals surface area (Å²) < 4.78 is 39.5. The van der Waals surface area contributed by atoms with Crippen LogP contribution in [0.2, 0.25) is 0 Å². The van der Waals surface area contributed by atoms with Crippen LogP contribution >= 0.6 is 0 Å². The van der Waals surface area contributed by atoms with E-state index in [1.165, 1.54) is 0 Å². The fourth-order valence-electron chi connectivity index (χ4n) is 4.43. The number of amides is 1. The van der Waals surface area contributed by atoms with Gasteiger partial charge in [0.1, 0.15) is 11.7 Å². The number of likely N-dealkylation sites (tertiary alicyclic amines) is 1. The number of hydrogen-bond donors (Lipinski definition) is 1. The molecular formula is C21H36F2N2O4. The molecule has 168 valence electrons. The molecule has 1 heterocycles. The minimum absolute atomic E-state index is 0.0877. The molecule has 2 aliphatic rings.